The van der Waals surface area contributed by atoms with E-state index in [0.29, 0.717) is 11.8 Å². The minimum atomic E-state index is -0.0676. The fourth-order valence-electron chi connectivity index (χ4n) is 3.89. The molecule has 2 aliphatic rings. The maximum Gasteiger partial charge on any atom is 0.157 e. The van der Waals surface area contributed by atoms with Crippen LogP contribution in [0.25, 0.3) is 0 Å². The van der Waals surface area contributed by atoms with Crippen LogP contribution in [0, 0.1) is 6.92 Å². The average molecular weight is 297 g/mol. The first-order valence-corrected chi connectivity index (χ1v) is 7.65. The quantitative estimate of drug-likeness (QED) is 0.564. The van der Waals surface area contributed by atoms with Crippen LogP contribution in [-0.4, -0.2) is 21.4 Å². The van der Waals surface area contributed by atoms with Crippen molar-refractivity contribution in [2.24, 2.45) is 0 Å². The molecule has 1 aliphatic carbocycles. The van der Waals surface area contributed by atoms with Crippen LogP contribution < -0.4 is 5.32 Å². The molecule has 2 aromatic carbocycles. The average Bonchev–Trinajstić information content (AvgIpc) is 2.49. The Labute approximate surface area is 129 Å². The number of benzene rings is 2. The number of aryl methyl sites for hydroxylation is 2. The summed E-state index contributed by atoms with van der Waals surface area (Å²) >= 11 is 0. The molecule has 0 spiro atoms. The predicted molar refractivity (Wildman–Crippen MR) is 83.4 cm³/mol. The number of rotatable bonds is 0. The lowest BCUT2D eigenvalue weighted by molar-refractivity contribution is 0.378. The minimum Gasteiger partial charge on any atom is -0.508 e. The Bertz CT molecular complexity index is 706. The Morgan fingerprint density at radius 3 is 2.41 bits per heavy atom. The van der Waals surface area contributed by atoms with Gasteiger partial charge in [0.15, 0.2) is 11.5 Å². The number of hydrogen-bond donors (Lipinski definition) is 4. The second-order valence-electron chi connectivity index (χ2n) is 6.38. The van der Waals surface area contributed by atoms with Gasteiger partial charge in [-0.25, -0.2) is 0 Å². The Kier molecular flexibility index (Phi) is 2.84. The molecule has 0 bridgehead atoms. The van der Waals surface area contributed by atoms with Gasteiger partial charge in [-0.05, 0) is 65.8 Å². The monoisotopic (exact) mass is 297 g/mol. The van der Waals surface area contributed by atoms with E-state index in [2.05, 4.69) is 11.4 Å². The van der Waals surface area contributed by atoms with Crippen molar-refractivity contribution < 1.29 is 15.3 Å². The Balaban J connectivity index is 1.92. The zero-order chi connectivity index (χ0) is 15.4. The predicted octanol–water partition coefficient (Wildman–Crippen LogP) is 2.66. The van der Waals surface area contributed by atoms with Gasteiger partial charge >= 0.3 is 0 Å². The number of fused-ring (bicyclic) bond motifs is 5. The molecule has 0 radical (unpaired) electrons. The van der Waals surface area contributed by atoms with Crippen LogP contribution >= 0.6 is 0 Å². The van der Waals surface area contributed by atoms with E-state index in [1.165, 1.54) is 5.56 Å². The summed E-state index contributed by atoms with van der Waals surface area (Å²) in [5.74, 6) is 0.354. The van der Waals surface area contributed by atoms with Crippen molar-refractivity contribution in [2.75, 3.05) is 0 Å². The van der Waals surface area contributed by atoms with E-state index in [-0.39, 0.29) is 17.4 Å². The molecule has 4 nitrogen and oxygen atoms in total. The van der Waals surface area contributed by atoms with Gasteiger partial charge in [-0.3, -0.25) is 0 Å². The summed E-state index contributed by atoms with van der Waals surface area (Å²) in [6.45, 7) is 2.66. The van der Waals surface area contributed by atoms with Gasteiger partial charge in [0.2, 0.25) is 0 Å². The summed E-state index contributed by atoms with van der Waals surface area (Å²) in [5.41, 5.74) is 5.35. The second-order valence-corrected chi connectivity index (χ2v) is 6.38. The minimum absolute atomic E-state index is 0.0527. The van der Waals surface area contributed by atoms with Crippen molar-refractivity contribution in [3.63, 3.8) is 0 Å². The van der Waals surface area contributed by atoms with Crippen LogP contribution in [0.2, 0.25) is 0 Å². The largest absolute Gasteiger partial charge is 0.508 e. The standard InChI is InChI=1S/C18H19NO3/c1-9-4-12-11(6-15(9)20)8-19-14-3-2-10-5-16(21)17(22)7-13(10)18(12)14/h4-7,14,18-22H,2-3,8H2,1H3/t14-,18-/m1/s1. The first-order chi connectivity index (χ1) is 10.5. The highest BCUT2D eigenvalue weighted by Crippen LogP contribution is 2.45. The molecule has 1 heterocycles. The molecule has 2 aromatic rings. The van der Waals surface area contributed by atoms with E-state index in [1.807, 2.05) is 13.0 Å². The number of phenols is 3. The van der Waals surface area contributed by atoms with Crippen molar-refractivity contribution in [1.82, 2.24) is 5.32 Å². The zero-order valence-electron chi connectivity index (χ0n) is 12.4. The van der Waals surface area contributed by atoms with Crippen LogP contribution in [0.15, 0.2) is 24.3 Å². The van der Waals surface area contributed by atoms with Gasteiger partial charge in [-0.15, -0.1) is 0 Å². The van der Waals surface area contributed by atoms with E-state index in [1.54, 1.807) is 12.1 Å². The lowest BCUT2D eigenvalue weighted by atomic mass is 9.72. The first-order valence-electron chi connectivity index (χ1n) is 7.65. The summed E-state index contributed by atoms with van der Waals surface area (Å²) in [5, 5.41) is 33.1. The van der Waals surface area contributed by atoms with Crippen molar-refractivity contribution in [1.29, 1.82) is 0 Å². The van der Waals surface area contributed by atoms with Gasteiger partial charge in [-0.1, -0.05) is 6.07 Å². The van der Waals surface area contributed by atoms with Crippen molar-refractivity contribution in [3.05, 3.63) is 52.1 Å². The highest BCUT2D eigenvalue weighted by molar-refractivity contribution is 5.55. The van der Waals surface area contributed by atoms with E-state index >= 15 is 0 Å². The summed E-state index contributed by atoms with van der Waals surface area (Å²) in [6, 6.07) is 7.60. The fraction of sp³-hybridized carbons (Fsp3) is 0.333. The van der Waals surface area contributed by atoms with Gasteiger partial charge in [0.1, 0.15) is 5.75 Å². The van der Waals surface area contributed by atoms with Crippen LogP contribution in [0.1, 0.15) is 40.2 Å². The van der Waals surface area contributed by atoms with Crippen LogP contribution in [-0.2, 0) is 13.0 Å². The zero-order valence-corrected chi connectivity index (χ0v) is 12.4. The third-order valence-electron chi connectivity index (χ3n) is 5.05. The van der Waals surface area contributed by atoms with Crippen LogP contribution in [0.4, 0.5) is 0 Å². The van der Waals surface area contributed by atoms with Gasteiger partial charge in [0.25, 0.3) is 0 Å². The number of nitrogens with one attached hydrogen (secondary N) is 1. The van der Waals surface area contributed by atoms with Crippen LogP contribution in [0.3, 0.4) is 0 Å². The molecule has 1 aliphatic heterocycles. The van der Waals surface area contributed by atoms with Crippen molar-refractivity contribution in [2.45, 2.75) is 38.3 Å². The maximum atomic E-state index is 9.95. The topological polar surface area (TPSA) is 72.7 Å². The molecular weight excluding hydrogens is 278 g/mol. The van der Waals surface area contributed by atoms with Crippen LogP contribution in [0.5, 0.6) is 17.2 Å². The Morgan fingerprint density at radius 2 is 1.59 bits per heavy atom. The third kappa shape index (κ3) is 1.87. The molecular formula is C18H19NO3. The van der Waals surface area contributed by atoms with Gasteiger partial charge < -0.3 is 20.6 Å². The summed E-state index contributed by atoms with van der Waals surface area (Å²) < 4.78 is 0. The number of hydrogen-bond acceptors (Lipinski definition) is 4. The third-order valence-corrected chi connectivity index (χ3v) is 5.05. The summed E-state index contributed by atoms with van der Waals surface area (Å²) in [6.07, 6.45) is 1.89. The van der Waals surface area contributed by atoms with E-state index < -0.39 is 0 Å². The summed E-state index contributed by atoms with van der Waals surface area (Å²) in [4.78, 5) is 0. The SMILES string of the molecule is Cc1cc2c(cc1O)CN[C@@H]1CCc3cc(O)c(O)cc3[C@@H]21. The van der Waals surface area contributed by atoms with Gasteiger partial charge in [0.05, 0.1) is 0 Å². The smallest absolute Gasteiger partial charge is 0.157 e. The van der Waals surface area contributed by atoms with E-state index in [4.69, 9.17) is 0 Å². The molecule has 4 N–H and O–H groups in total. The maximum absolute atomic E-state index is 9.95. The van der Waals surface area contributed by atoms with Gasteiger partial charge in [0, 0.05) is 18.5 Å². The molecule has 0 amide bonds. The van der Waals surface area contributed by atoms with Crippen molar-refractivity contribution >= 4 is 0 Å². The highest BCUT2D eigenvalue weighted by Gasteiger charge is 2.35. The molecule has 114 valence electrons. The molecule has 0 saturated carbocycles. The highest BCUT2D eigenvalue weighted by atomic mass is 16.3. The molecule has 0 unspecified atom stereocenters. The number of aromatic hydroxyl groups is 3. The lowest BCUT2D eigenvalue weighted by Gasteiger charge is -2.39. The van der Waals surface area contributed by atoms with E-state index in [0.717, 1.165) is 41.6 Å². The normalized spacial score (nSPS) is 22.6. The summed E-state index contributed by atoms with van der Waals surface area (Å²) in [7, 11) is 0. The molecule has 0 fully saturated rings. The second kappa shape index (κ2) is 4.65. The fourth-order valence-corrected chi connectivity index (χ4v) is 3.89. The molecule has 22 heavy (non-hydrogen) atoms. The molecule has 4 rings (SSSR count). The van der Waals surface area contributed by atoms with E-state index in [9.17, 15) is 15.3 Å². The Morgan fingerprint density at radius 1 is 0.909 bits per heavy atom. The molecule has 4 heteroatoms. The molecule has 2 atom stereocenters. The van der Waals surface area contributed by atoms with Gasteiger partial charge in [-0.2, -0.15) is 0 Å². The first kappa shape index (κ1) is 13.5. The number of phenolic OH excluding ortho intramolecular Hbond substituents is 3. The molecule has 0 aromatic heterocycles. The lowest BCUT2D eigenvalue weighted by Crippen LogP contribution is -2.42. The Hall–Kier alpha value is -2.20. The van der Waals surface area contributed by atoms with Crippen molar-refractivity contribution in [3.8, 4) is 17.2 Å². The molecule has 0 saturated heterocycles.